The number of hydrogen-bond acceptors (Lipinski definition) is 4. The second kappa shape index (κ2) is 5.69. The van der Waals surface area contributed by atoms with Gasteiger partial charge in [0.1, 0.15) is 6.10 Å². The van der Waals surface area contributed by atoms with Crippen molar-refractivity contribution in [3.8, 4) is 17.1 Å². The molecule has 4 nitrogen and oxygen atoms in total. The van der Waals surface area contributed by atoms with Crippen LogP contribution in [0.4, 0.5) is 0 Å². The van der Waals surface area contributed by atoms with Crippen molar-refractivity contribution in [3.63, 3.8) is 0 Å². The number of hydrogen-bond donors (Lipinski definition) is 0. The molecule has 3 fully saturated rings. The zero-order valence-corrected chi connectivity index (χ0v) is 12.9. The van der Waals surface area contributed by atoms with Gasteiger partial charge in [0.25, 0.3) is 0 Å². The van der Waals surface area contributed by atoms with E-state index in [-0.39, 0.29) is 6.10 Å². The number of ether oxygens (including phenoxy) is 1. The lowest BCUT2D eigenvalue weighted by Gasteiger charge is -2.43. The second-order valence-corrected chi connectivity index (χ2v) is 6.42. The van der Waals surface area contributed by atoms with Gasteiger partial charge in [0.05, 0.1) is 0 Å². The number of nitrogens with zero attached hydrogens (tertiary/aromatic N) is 3. The summed E-state index contributed by atoms with van der Waals surface area (Å²) >= 11 is 0. The molecule has 0 amide bonds. The van der Waals surface area contributed by atoms with Crippen molar-refractivity contribution >= 4 is 0 Å². The lowest BCUT2D eigenvalue weighted by Crippen LogP contribution is -2.52. The molecular formula is C18H21N3O. The van der Waals surface area contributed by atoms with Gasteiger partial charge in [-0.05, 0) is 44.3 Å². The van der Waals surface area contributed by atoms with Crippen LogP contribution in [0.5, 0.6) is 6.01 Å². The van der Waals surface area contributed by atoms with E-state index in [9.17, 15) is 0 Å². The number of fused-ring (bicyclic) bond motifs is 3. The molecule has 22 heavy (non-hydrogen) atoms. The first-order valence-electron chi connectivity index (χ1n) is 8.06. The maximum absolute atomic E-state index is 6.04. The first kappa shape index (κ1) is 13.7. The Morgan fingerprint density at radius 3 is 2.50 bits per heavy atom. The van der Waals surface area contributed by atoms with Gasteiger partial charge >= 0.3 is 6.01 Å². The highest BCUT2D eigenvalue weighted by molar-refractivity contribution is 5.62. The summed E-state index contributed by atoms with van der Waals surface area (Å²) in [4.78, 5) is 11.3. The first-order chi connectivity index (χ1) is 10.8. The van der Waals surface area contributed by atoms with Crippen molar-refractivity contribution in [1.82, 2.24) is 14.9 Å². The van der Waals surface area contributed by atoms with E-state index < -0.39 is 0 Å². The number of piperidine rings is 3. The van der Waals surface area contributed by atoms with E-state index in [2.05, 4.69) is 46.1 Å². The van der Waals surface area contributed by atoms with Gasteiger partial charge in [-0.1, -0.05) is 29.8 Å². The van der Waals surface area contributed by atoms with Crippen molar-refractivity contribution in [2.75, 3.05) is 19.6 Å². The van der Waals surface area contributed by atoms with Crippen LogP contribution in [0.1, 0.15) is 18.4 Å². The van der Waals surface area contributed by atoms with E-state index in [0.717, 1.165) is 17.7 Å². The number of aromatic nitrogens is 2. The minimum Gasteiger partial charge on any atom is -0.458 e. The second-order valence-electron chi connectivity index (χ2n) is 6.42. The van der Waals surface area contributed by atoms with E-state index in [1.807, 2.05) is 12.4 Å². The van der Waals surface area contributed by atoms with Crippen LogP contribution in [0.2, 0.25) is 0 Å². The van der Waals surface area contributed by atoms with Gasteiger partial charge in [0.15, 0.2) is 0 Å². The van der Waals surface area contributed by atoms with Crippen LogP contribution in [-0.2, 0) is 0 Å². The molecule has 0 saturated carbocycles. The molecule has 2 aromatic rings. The van der Waals surface area contributed by atoms with E-state index in [1.54, 1.807) is 0 Å². The van der Waals surface area contributed by atoms with Gasteiger partial charge in [-0.25, -0.2) is 9.97 Å². The standard InChI is InChI=1S/C18H21N3O/c1-13-3-2-4-15(9-13)16-10-19-18(20-11-16)22-17-12-21-7-5-14(17)6-8-21/h2-4,9-11,14,17H,5-8,12H2,1H3/t17-/m0/s1. The van der Waals surface area contributed by atoms with Gasteiger partial charge < -0.3 is 4.74 Å². The molecule has 3 aliphatic heterocycles. The third-order valence-corrected chi connectivity index (χ3v) is 4.83. The van der Waals surface area contributed by atoms with Crippen LogP contribution in [0.15, 0.2) is 36.7 Å². The topological polar surface area (TPSA) is 38.2 Å². The highest BCUT2D eigenvalue weighted by Gasteiger charge is 2.35. The molecule has 1 atom stereocenters. The van der Waals surface area contributed by atoms with E-state index >= 15 is 0 Å². The summed E-state index contributed by atoms with van der Waals surface area (Å²) in [5.41, 5.74) is 3.42. The SMILES string of the molecule is Cc1cccc(-c2cnc(O[C@H]3CN4CCC3CC4)nc2)c1. The predicted molar refractivity (Wildman–Crippen MR) is 85.8 cm³/mol. The van der Waals surface area contributed by atoms with Crippen LogP contribution >= 0.6 is 0 Å². The Kier molecular flexibility index (Phi) is 3.54. The Balaban J connectivity index is 1.48. The summed E-state index contributed by atoms with van der Waals surface area (Å²) in [5, 5.41) is 0. The number of rotatable bonds is 3. The Hall–Kier alpha value is -1.94. The van der Waals surface area contributed by atoms with Crippen molar-refractivity contribution in [2.45, 2.75) is 25.9 Å². The summed E-state index contributed by atoms with van der Waals surface area (Å²) < 4.78 is 6.04. The van der Waals surface area contributed by atoms with Crippen LogP contribution in [-0.4, -0.2) is 40.6 Å². The molecular weight excluding hydrogens is 274 g/mol. The molecule has 0 N–H and O–H groups in total. The molecule has 2 bridgehead atoms. The van der Waals surface area contributed by atoms with Crippen molar-refractivity contribution in [3.05, 3.63) is 42.2 Å². The zero-order chi connectivity index (χ0) is 14.9. The fourth-order valence-corrected chi connectivity index (χ4v) is 3.53. The van der Waals surface area contributed by atoms with Gasteiger partial charge in [0.2, 0.25) is 0 Å². The molecule has 3 saturated heterocycles. The number of benzene rings is 1. The average Bonchev–Trinajstić information content (AvgIpc) is 2.57. The quantitative estimate of drug-likeness (QED) is 0.872. The van der Waals surface area contributed by atoms with Crippen molar-refractivity contribution in [2.24, 2.45) is 5.92 Å². The molecule has 0 unspecified atom stereocenters. The molecule has 114 valence electrons. The average molecular weight is 295 g/mol. The van der Waals surface area contributed by atoms with E-state index in [1.165, 1.54) is 31.5 Å². The molecule has 1 aromatic carbocycles. The van der Waals surface area contributed by atoms with Crippen LogP contribution in [0.3, 0.4) is 0 Å². The molecule has 4 heterocycles. The van der Waals surface area contributed by atoms with Gasteiger partial charge in [0, 0.05) is 24.5 Å². The molecule has 5 rings (SSSR count). The molecule has 0 radical (unpaired) electrons. The normalized spacial score (nSPS) is 26.9. The molecule has 4 heteroatoms. The van der Waals surface area contributed by atoms with Crippen molar-refractivity contribution in [1.29, 1.82) is 0 Å². The Morgan fingerprint density at radius 1 is 1.09 bits per heavy atom. The maximum Gasteiger partial charge on any atom is 0.316 e. The third-order valence-electron chi connectivity index (χ3n) is 4.83. The molecule has 0 spiro atoms. The monoisotopic (exact) mass is 295 g/mol. The van der Waals surface area contributed by atoms with Crippen LogP contribution < -0.4 is 4.74 Å². The van der Waals surface area contributed by atoms with Gasteiger partial charge in [-0.15, -0.1) is 0 Å². The highest BCUT2D eigenvalue weighted by atomic mass is 16.5. The van der Waals surface area contributed by atoms with E-state index in [4.69, 9.17) is 4.74 Å². The highest BCUT2D eigenvalue weighted by Crippen LogP contribution is 2.30. The first-order valence-corrected chi connectivity index (χ1v) is 8.06. The fraction of sp³-hybridized carbons (Fsp3) is 0.444. The largest absolute Gasteiger partial charge is 0.458 e. The zero-order valence-electron chi connectivity index (χ0n) is 12.9. The summed E-state index contributed by atoms with van der Waals surface area (Å²) in [6.07, 6.45) is 6.46. The van der Waals surface area contributed by atoms with Crippen LogP contribution in [0, 0.1) is 12.8 Å². The Labute approximate surface area is 131 Å². The molecule has 0 aliphatic carbocycles. The summed E-state index contributed by atoms with van der Waals surface area (Å²) in [6, 6.07) is 8.89. The van der Waals surface area contributed by atoms with Gasteiger partial charge in [-0.3, -0.25) is 4.90 Å². The Morgan fingerprint density at radius 2 is 1.86 bits per heavy atom. The summed E-state index contributed by atoms with van der Waals surface area (Å²) in [6.45, 7) is 5.55. The minimum absolute atomic E-state index is 0.257. The van der Waals surface area contributed by atoms with Gasteiger partial charge in [-0.2, -0.15) is 0 Å². The minimum atomic E-state index is 0.257. The lowest BCUT2D eigenvalue weighted by molar-refractivity contribution is -0.0123. The van der Waals surface area contributed by atoms with Crippen molar-refractivity contribution < 1.29 is 4.74 Å². The fourth-order valence-electron chi connectivity index (χ4n) is 3.53. The lowest BCUT2D eigenvalue weighted by atomic mass is 9.86. The molecule has 1 aromatic heterocycles. The smallest absolute Gasteiger partial charge is 0.316 e. The number of aryl methyl sites for hydroxylation is 1. The maximum atomic E-state index is 6.04. The predicted octanol–water partition coefficient (Wildman–Crippen LogP) is 2.93. The van der Waals surface area contributed by atoms with E-state index in [0.29, 0.717) is 11.9 Å². The third kappa shape index (κ3) is 2.71. The summed E-state index contributed by atoms with van der Waals surface area (Å²) in [5.74, 6) is 0.671. The van der Waals surface area contributed by atoms with Crippen LogP contribution in [0.25, 0.3) is 11.1 Å². The summed E-state index contributed by atoms with van der Waals surface area (Å²) in [7, 11) is 0. The molecule has 3 aliphatic rings. The Bertz CT molecular complexity index is 648.